The lowest BCUT2D eigenvalue weighted by molar-refractivity contribution is -0.133. The third kappa shape index (κ3) is 5.57. The van der Waals surface area contributed by atoms with Crippen LogP contribution < -0.4 is 36.5 Å². The van der Waals surface area contributed by atoms with Gasteiger partial charge in [0.1, 0.15) is 17.9 Å². The molecule has 1 atom stereocenters. The highest BCUT2D eigenvalue weighted by Crippen LogP contribution is 2.34. The fraction of sp³-hybridized carbons (Fsp3) is 0.357. The van der Waals surface area contributed by atoms with Crippen molar-refractivity contribution in [2.24, 2.45) is 0 Å². The van der Waals surface area contributed by atoms with E-state index in [-0.39, 0.29) is 17.5 Å². The molecule has 2 aromatic heterocycles. The van der Waals surface area contributed by atoms with E-state index in [1.807, 2.05) is 30.9 Å². The number of nitrogens with one attached hydrogen (secondary N) is 5. The summed E-state index contributed by atoms with van der Waals surface area (Å²) in [5.74, 6) is 0.0991. The number of ether oxygens (including phenoxy) is 1. The van der Waals surface area contributed by atoms with E-state index >= 15 is 0 Å². The Morgan fingerprint density at radius 3 is 2.55 bits per heavy atom. The second-order valence-corrected chi connectivity index (χ2v) is 9.80. The summed E-state index contributed by atoms with van der Waals surface area (Å²) in [6.07, 6.45) is 3.12. The molecule has 40 heavy (non-hydrogen) atoms. The fourth-order valence-corrected chi connectivity index (χ4v) is 4.83. The Balaban J connectivity index is 1.26. The second-order valence-electron chi connectivity index (χ2n) is 9.80. The van der Waals surface area contributed by atoms with E-state index in [0.29, 0.717) is 49.2 Å². The number of fused-ring (bicyclic) bond motifs is 1. The number of hydrogen-bond acceptors (Lipinski definition) is 9. The van der Waals surface area contributed by atoms with Crippen LogP contribution in [0.25, 0.3) is 0 Å². The number of aromatic nitrogens is 2. The number of carbonyl (C=O) groups excluding carboxylic acids is 2. The minimum atomic E-state index is -0.534. The smallest absolute Gasteiger partial charge is 0.263 e. The average Bonchev–Trinajstić information content (AvgIpc) is 2.98. The Labute approximate surface area is 232 Å². The summed E-state index contributed by atoms with van der Waals surface area (Å²) in [6, 6.07) is 8.91. The lowest BCUT2D eigenvalue weighted by Gasteiger charge is -2.37. The van der Waals surface area contributed by atoms with Crippen LogP contribution >= 0.6 is 0 Å². The molecule has 5 rings (SSSR count). The van der Waals surface area contributed by atoms with Crippen molar-refractivity contribution in [2.45, 2.75) is 19.9 Å². The van der Waals surface area contributed by atoms with Crippen LogP contribution in [-0.2, 0) is 4.79 Å². The standard InChI is InChI=1S/C28H34N8O4/c1-17-22(16-32-27-24(17)30-10-15-40-27)34-21-8-9-31-25(37)23(21)26(38)33-19-4-6-20(7-5-19)35-11-13-36(14-12-35)28(39)18(2)29-3/h4-9,16,18,29-30H,10-15H2,1-3H3,(H,33,38)(H2,31,34,37). The van der Waals surface area contributed by atoms with Crippen LogP contribution in [0.1, 0.15) is 22.8 Å². The lowest BCUT2D eigenvalue weighted by atomic mass is 10.1. The van der Waals surface area contributed by atoms with Crippen molar-refractivity contribution >= 4 is 40.3 Å². The number of H-pyrrole nitrogens is 1. The molecular weight excluding hydrogens is 512 g/mol. The van der Waals surface area contributed by atoms with Crippen LogP contribution in [0, 0.1) is 6.92 Å². The zero-order valence-corrected chi connectivity index (χ0v) is 22.8. The molecule has 3 aromatic rings. The Morgan fingerprint density at radius 1 is 1.07 bits per heavy atom. The van der Waals surface area contributed by atoms with Crippen molar-refractivity contribution in [2.75, 3.05) is 67.2 Å². The highest BCUT2D eigenvalue weighted by molar-refractivity contribution is 6.08. The molecule has 2 aliphatic heterocycles. The van der Waals surface area contributed by atoms with Gasteiger partial charge in [0.05, 0.1) is 23.6 Å². The van der Waals surface area contributed by atoms with Gasteiger partial charge in [-0.1, -0.05) is 0 Å². The number of rotatable bonds is 7. The van der Waals surface area contributed by atoms with Gasteiger partial charge in [-0.15, -0.1) is 0 Å². The molecule has 2 aliphatic rings. The van der Waals surface area contributed by atoms with Crippen molar-refractivity contribution < 1.29 is 14.3 Å². The molecule has 210 valence electrons. The van der Waals surface area contributed by atoms with E-state index in [2.05, 4.69) is 36.1 Å². The van der Waals surface area contributed by atoms with Crippen molar-refractivity contribution in [1.29, 1.82) is 0 Å². The number of hydrogen-bond donors (Lipinski definition) is 5. The van der Waals surface area contributed by atoms with E-state index in [0.717, 1.165) is 30.0 Å². The molecule has 12 nitrogen and oxygen atoms in total. The first-order valence-electron chi connectivity index (χ1n) is 13.3. The highest BCUT2D eigenvalue weighted by atomic mass is 16.5. The Hall–Kier alpha value is -4.58. The fourth-order valence-electron chi connectivity index (χ4n) is 4.83. The van der Waals surface area contributed by atoms with Gasteiger partial charge in [-0.25, -0.2) is 4.98 Å². The van der Waals surface area contributed by atoms with Gasteiger partial charge in [-0.3, -0.25) is 14.4 Å². The van der Waals surface area contributed by atoms with Crippen molar-refractivity contribution in [3.63, 3.8) is 0 Å². The normalized spacial score (nSPS) is 15.4. The predicted molar refractivity (Wildman–Crippen MR) is 155 cm³/mol. The minimum Gasteiger partial charge on any atom is -0.474 e. The van der Waals surface area contributed by atoms with Crippen LogP contribution in [0.4, 0.5) is 28.4 Å². The van der Waals surface area contributed by atoms with E-state index in [4.69, 9.17) is 4.74 Å². The number of pyridine rings is 2. The Bertz CT molecular complexity index is 1450. The molecule has 0 spiro atoms. The zero-order chi connectivity index (χ0) is 28.2. The Kier molecular flexibility index (Phi) is 7.87. The number of nitrogens with zero attached hydrogens (tertiary/aromatic N) is 3. The first-order chi connectivity index (χ1) is 19.4. The number of aromatic amines is 1. The average molecular weight is 547 g/mol. The second kappa shape index (κ2) is 11.7. The number of amides is 2. The van der Waals surface area contributed by atoms with Crippen LogP contribution in [0.3, 0.4) is 0 Å². The van der Waals surface area contributed by atoms with Crippen molar-refractivity contribution in [1.82, 2.24) is 20.2 Å². The summed E-state index contributed by atoms with van der Waals surface area (Å²) < 4.78 is 5.59. The molecule has 0 saturated carbocycles. The van der Waals surface area contributed by atoms with Gasteiger partial charge in [0.2, 0.25) is 11.8 Å². The maximum Gasteiger partial charge on any atom is 0.263 e. The summed E-state index contributed by atoms with van der Waals surface area (Å²) in [4.78, 5) is 49.4. The van der Waals surface area contributed by atoms with Gasteiger partial charge < -0.3 is 40.8 Å². The minimum absolute atomic E-state index is 0.0375. The van der Waals surface area contributed by atoms with Gasteiger partial charge in [0.25, 0.3) is 11.5 Å². The van der Waals surface area contributed by atoms with Crippen LogP contribution in [0.5, 0.6) is 5.88 Å². The molecule has 1 aromatic carbocycles. The number of carbonyl (C=O) groups is 2. The quantitative estimate of drug-likeness (QED) is 0.301. The predicted octanol–water partition coefficient (Wildman–Crippen LogP) is 2.14. The Morgan fingerprint density at radius 2 is 1.82 bits per heavy atom. The molecule has 0 radical (unpaired) electrons. The first-order valence-corrected chi connectivity index (χ1v) is 13.3. The number of likely N-dealkylation sites (N-methyl/N-ethyl adjacent to an activating group) is 1. The summed E-state index contributed by atoms with van der Waals surface area (Å²) in [7, 11) is 1.78. The maximum absolute atomic E-state index is 13.3. The molecular formula is C28H34N8O4. The van der Waals surface area contributed by atoms with Gasteiger partial charge >= 0.3 is 0 Å². The van der Waals surface area contributed by atoms with Crippen LogP contribution in [0.15, 0.2) is 47.5 Å². The molecule has 1 unspecified atom stereocenters. The van der Waals surface area contributed by atoms with E-state index < -0.39 is 11.5 Å². The van der Waals surface area contributed by atoms with E-state index in [1.165, 1.54) is 6.20 Å². The third-order valence-electron chi connectivity index (χ3n) is 7.29. The monoisotopic (exact) mass is 546 g/mol. The number of piperazine rings is 1. The summed E-state index contributed by atoms with van der Waals surface area (Å²) in [5, 5.41) is 12.3. The van der Waals surface area contributed by atoms with Gasteiger partial charge in [-0.2, -0.15) is 0 Å². The topological polar surface area (TPSA) is 144 Å². The van der Waals surface area contributed by atoms with E-state index in [9.17, 15) is 14.4 Å². The van der Waals surface area contributed by atoms with Crippen molar-refractivity contribution in [3.8, 4) is 5.88 Å². The number of benzene rings is 1. The zero-order valence-electron chi connectivity index (χ0n) is 22.8. The maximum atomic E-state index is 13.3. The van der Waals surface area contributed by atoms with Gasteiger partial charge in [0.15, 0.2) is 0 Å². The summed E-state index contributed by atoms with van der Waals surface area (Å²) in [6.45, 7) is 7.74. The molecule has 0 aliphatic carbocycles. The third-order valence-corrected chi connectivity index (χ3v) is 7.29. The van der Waals surface area contributed by atoms with Gasteiger partial charge in [0, 0.05) is 55.9 Å². The van der Waals surface area contributed by atoms with Crippen LogP contribution in [-0.4, -0.2) is 79.1 Å². The SMILES string of the molecule is CNC(C)C(=O)N1CCN(c2ccc(NC(=O)c3c(Nc4cnc5c(c4C)NCCO5)cc[nH]c3=O)cc2)CC1. The molecule has 1 saturated heterocycles. The summed E-state index contributed by atoms with van der Waals surface area (Å²) in [5.41, 5.74) is 3.68. The van der Waals surface area contributed by atoms with Crippen molar-refractivity contribution in [3.05, 3.63) is 64.2 Å². The highest BCUT2D eigenvalue weighted by Gasteiger charge is 2.24. The van der Waals surface area contributed by atoms with Crippen LogP contribution in [0.2, 0.25) is 0 Å². The molecule has 1 fully saturated rings. The number of anilines is 5. The summed E-state index contributed by atoms with van der Waals surface area (Å²) >= 11 is 0. The van der Waals surface area contributed by atoms with Gasteiger partial charge in [-0.05, 0) is 51.2 Å². The lowest BCUT2D eigenvalue weighted by Crippen LogP contribution is -2.53. The molecule has 0 bridgehead atoms. The molecule has 12 heteroatoms. The molecule has 2 amide bonds. The first kappa shape index (κ1) is 27.0. The largest absolute Gasteiger partial charge is 0.474 e. The molecule has 4 heterocycles. The molecule has 5 N–H and O–H groups in total. The van der Waals surface area contributed by atoms with E-state index in [1.54, 1.807) is 31.4 Å².